The molecular formula is C24H31FN4O2. The number of nitrogens with one attached hydrogen (secondary N) is 3. The number of halogens is 1. The van der Waals surface area contributed by atoms with Crippen LogP contribution in [-0.2, 0) is 17.6 Å². The van der Waals surface area contributed by atoms with E-state index in [0.717, 1.165) is 50.3 Å². The Bertz CT molecular complexity index is 849. The van der Waals surface area contributed by atoms with Gasteiger partial charge in [0.05, 0.1) is 0 Å². The number of benzene rings is 2. The van der Waals surface area contributed by atoms with E-state index in [1.165, 1.54) is 17.7 Å². The highest BCUT2D eigenvalue weighted by Gasteiger charge is 2.23. The summed E-state index contributed by atoms with van der Waals surface area (Å²) >= 11 is 0. The van der Waals surface area contributed by atoms with Crippen molar-refractivity contribution in [2.45, 2.75) is 38.6 Å². The summed E-state index contributed by atoms with van der Waals surface area (Å²) in [6.07, 6.45) is 3.74. The standard InChI is InChI=1S/C24H31FN4O2/c1-2-26-24(27-15-13-18-3-7-20(25)8-4-18)28-16-14-19-5-11-22(12-6-19)31-17-23(30)29-21-9-10-21/h3-8,11-12,21H,2,9-10,13-17H2,1H3,(H,29,30)(H2,26,27,28). The Hall–Kier alpha value is -3.09. The lowest BCUT2D eigenvalue weighted by molar-refractivity contribution is -0.123. The molecule has 3 N–H and O–H groups in total. The van der Waals surface area contributed by atoms with Crippen LogP contribution in [0.3, 0.4) is 0 Å². The number of aliphatic imine (C=N–C) groups is 1. The average molecular weight is 427 g/mol. The highest BCUT2D eigenvalue weighted by atomic mass is 19.1. The van der Waals surface area contributed by atoms with Crippen LogP contribution in [0.2, 0.25) is 0 Å². The molecular weight excluding hydrogens is 395 g/mol. The Morgan fingerprint density at radius 3 is 2.39 bits per heavy atom. The monoisotopic (exact) mass is 426 g/mol. The van der Waals surface area contributed by atoms with Gasteiger partial charge in [0.2, 0.25) is 0 Å². The number of guanidine groups is 1. The summed E-state index contributed by atoms with van der Waals surface area (Å²) in [5.41, 5.74) is 2.23. The van der Waals surface area contributed by atoms with Crippen molar-refractivity contribution in [1.82, 2.24) is 16.0 Å². The van der Waals surface area contributed by atoms with E-state index < -0.39 is 0 Å². The Morgan fingerprint density at radius 2 is 1.71 bits per heavy atom. The Morgan fingerprint density at radius 1 is 1.03 bits per heavy atom. The summed E-state index contributed by atoms with van der Waals surface area (Å²) in [5, 5.41) is 9.48. The maximum Gasteiger partial charge on any atom is 0.258 e. The van der Waals surface area contributed by atoms with Crippen LogP contribution in [-0.4, -0.2) is 44.1 Å². The van der Waals surface area contributed by atoms with Gasteiger partial charge in [0.1, 0.15) is 11.6 Å². The molecule has 2 aromatic rings. The van der Waals surface area contributed by atoms with Gasteiger partial charge in [0.25, 0.3) is 5.91 Å². The fourth-order valence-corrected chi connectivity index (χ4v) is 3.01. The van der Waals surface area contributed by atoms with Crippen molar-refractivity contribution in [3.8, 4) is 5.75 Å². The summed E-state index contributed by atoms with van der Waals surface area (Å²) in [7, 11) is 0. The van der Waals surface area contributed by atoms with Crippen molar-refractivity contribution in [2.75, 3.05) is 26.2 Å². The van der Waals surface area contributed by atoms with Crippen LogP contribution in [0.15, 0.2) is 53.5 Å². The highest BCUT2D eigenvalue weighted by Crippen LogP contribution is 2.18. The minimum absolute atomic E-state index is 0.0534. The largest absolute Gasteiger partial charge is 0.484 e. The van der Waals surface area contributed by atoms with E-state index >= 15 is 0 Å². The van der Waals surface area contributed by atoms with Crippen LogP contribution in [0.5, 0.6) is 5.75 Å². The van der Waals surface area contributed by atoms with Crippen molar-refractivity contribution in [3.05, 3.63) is 65.5 Å². The van der Waals surface area contributed by atoms with Crippen LogP contribution >= 0.6 is 0 Å². The van der Waals surface area contributed by atoms with Crippen molar-refractivity contribution >= 4 is 11.9 Å². The lowest BCUT2D eigenvalue weighted by atomic mass is 10.1. The van der Waals surface area contributed by atoms with Crippen molar-refractivity contribution in [3.63, 3.8) is 0 Å². The molecule has 0 aromatic heterocycles. The van der Waals surface area contributed by atoms with Gasteiger partial charge in [0.15, 0.2) is 12.6 Å². The van der Waals surface area contributed by atoms with Crippen molar-refractivity contribution in [1.29, 1.82) is 0 Å². The molecule has 1 aliphatic carbocycles. The van der Waals surface area contributed by atoms with Gasteiger partial charge in [-0.25, -0.2) is 4.39 Å². The predicted octanol–water partition coefficient (Wildman–Crippen LogP) is 2.82. The summed E-state index contributed by atoms with van der Waals surface area (Å²) in [6, 6.07) is 14.7. The molecule has 0 atom stereocenters. The molecule has 3 rings (SSSR count). The average Bonchev–Trinajstić information content (AvgIpc) is 3.58. The van der Waals surface area contributed by atoms with Crippen LogP contribution in [0.4, 0.5) is 4.39 Å². The van der Waals surface area contributed by atoms with Crippen LogP contribution in [0, 0.1) is 5.82 Å². The second kappa shape index (κ2) is 11.9. The number of rotatable bonds is 11. The highest BCUT2D eigenvalue weighted by molar-refractivity contribution is 5.79. The van der Waals surface area contributed by atoms with E-state index in [0.29, 0.717) is 18.3 Å². The summed E-state index contributed by atoms with van der Waals surface area (Å²) in [6.45, 7) is 4.23. The van der Waals surface area contributed by atoms with Gasteiger partial charge < -0.3 is 20.7 Å². The molecule has 0 spiro atoms. The number of ether oxygens (including phenoxy) is 1. The third-order valence-corrected chi connectivity index (χ3v) is 4.87. The number of amides is 1. The Kier molecular flexibility index (Phi) is 8.70. The molecule has 0 saturated heterocycles. The van der Waals surface area contributed by atoms with Gasteiger partial charge >= 0.3 is 0 Å². The molecule has 1 fully saturated rings. The third-order valence-electron chi connectivity index (χ3n) is 4.87. The van der Waals surface area contributed by atoms with Gasteiger partial charge in [0, 0.05) is 25.7 Å². The quantitative estimate of drug-likeness (QED) is 0.382. The van der Waals surface area contributed by atoms with E-state index in [1.54, 1.807) is 12.1 Å². The van der Waals surface area contributed by atoms with E-state index in [1.807, 2.05) is 31.2 Å². The summed E-state index contributed by atoms with van der Waals surface area (Å²) < 4.78 is 18.5. The number of carbonyl (C=O) groups excluding carboxylic acids is 1. The molecule has 0 bridgehead atoms. The lowest BCUT2D eigenvalue weighted by Crippen LogP contribution is -2.38. The molecule has 31 heavy (non-hydrogen) atoms. The second-order valence-corrected chi connectivity index (χ2v) is 7.59. The maximum atomic E-state index is 13.0. The minimum Gasteiger partial charge on any atom is -0.484 e. The third kappa shape index (κ3) is 8.66. The summed E-state index contributed by atoms with van der Waals surface area (Å²) in [4.78, 5) is 16.3. The Balaban J connectivity index is 1.37. The summed E-state index contributed by atoms with van der Waals surface area (Å²) in [5.74, 6) is 1.18. The van der Waals surface area contributed by atoms with Gasteiger partial charge in [-0.1, -0.05) is 24.3 Å². The zero-order valence-corrected chi connectivity index (χ0v) is 18.0. The number of hydrogen-bond acceptors (Lipinski definition) is 3. The number of hydrogen-bond donors (Lipinski definition) is 3. The first-order chi connectivity index (χ1) is 15.1. The molecule has 0 aliphatic heterocycles. The molecule has 1 saturated carbocycles. The van der Waals surface area contributed by atoms with E-state index in [4.69, 9.17) is 4.74 Å². The zero-order chi connectivity index (χ0) is 21.9. The van der Waals surface area contributed by atoms with Crippen molar-refractivity contribution in [2.24, 2.45) is 4.99 Å². The first kappa shape index (κ1) is 22.6. The van der Waals surface area contributed by atoms with Crippen LogP contribution < -0.4 is 20.7 Å². The molecule has 0 heterocycles. The molecule has 7 heteroatoms. The van der Waals surface area contributed by atoms with Crippen molar-refractivity contribution < 1.29 is 13.9 Å². The van der Waals surface area contributed by atoms with E-state index in [-0.39, 0.29) is 18.3 Å². The molecule has 0 unspecified atom stereocenters. The SMILES string of the molecule is CCNC(=NCCc1ccc(F)cc1)NCCc1ccc(OCC(=O)NC2CC2)cc1. The van der Waals surface area contributed by atoms with Crippen LogP contribution in [0.25, 0.3) is 0 Å². The van der Waals surface area contributed by atoms with Gasteiger partial charge in [-0.15, -0.1) is 0 Å². The second-order valence-electron chi connectivity index (χ2n) is 7.59. The molecule has 6 nitrogen and oxygen atoms in total. The first-order valence-corrected chi connectivity index (χ1v) is 10.9. The molecule has 166 valence electrons. The smallest absolute Gasteiger partial charge is 0.258 e. The maximum absolute atomic E-state index is 13.0. The molecule has 1 aliphatic rings. The first-order valence-electron chi connectivity index (χ1n) is 10.9. The van der Waals surface area contributed by atoms with Gasteiger partial charge in [-0.3, -0.25) is 9.79 Å². The topological polar surface area (TPSA) is 74.8 Å². The molecule has 2 aromatic carbocycles. The Labute approximate surface area is 183 Å². The van der Waals surface area contributed by atoms with E-state index in [9.17, 15) is 9.18 Å². The minimum atomic E-state index is -0.221. The number of nitrogens with zero attached hydrogens (tertiary/aromatic N) is 1. The zero-order valence-electron chi connectivity index (χ0n) is 18.0. The lowest BCUT2D eigenvalue weighted by Gasteiger charge is -2.12. The van der Waals surface area contributed by atoms with Crippen LogP contribution in [0.1, 0.15) is 30.9 Å². The molecule has 1 amide bonds. The normalized spacial score (nSPS) is 13.5. The van der Waals surface area contributed by atoms with Gasteiger partial charge in [-0.2, -0.15) is 0 Å². The fourth-order valence-electron chi connectivity index (χ4n) is 3.01. The number of carbonyl (C=O) groups is 1. The fraction of sp³-hybridized carbons (Fsp3) is 0.417. The predicted molar refractivity (Wildman–Crippen MR) is 121 cm³/mol. The van der Waals surface area contributed by atoms with E-state index in [2.05, 4.69) is 20.9 Å². The molecule has 0 radical (unpaired) electrons. The van der Waals surface area contributed by atoms with Gasteiger partial charge in [-0.05, 0) is 68.0 Å².